The first kappa shape index (κ1) is 14.5. The van der Waals surface area contributed by atoms with Crippen molar-refractivity contribution in [3.05, 3.63) is 66.0 Å². The zero-order valence-electron chi connectivity index (χ0n) is 12.0. The molecule has 0 aromatic heterocycles. The first-order chi connectivity index (χ1) is 9.63. The van der Waals surface area contributed by atoms with Gasteiger partial charge in [0.15, 0.2) is 0 Å². The fourth-order valence-corrected chi connectivity index (χ4v) is 2.54. The van der Waals surface area contributed by atoms with E-state index in [0.29, 0.717) is 12.5 Å². The summed E-state index contributed by atoms with van der Waals surface area (Å²) in [6, 6.07) is 17.0. The lowest BCUT2D eigenvalue weighted by Gasteiger charge is -2.34. The molecule has 2 rings (SSSR count). The van der Waals surface area contributed by atoms with Crippen LogP contribution >= 0.6 is 0 Å². The summed E-state index contributed by atoms with van der Waals surface area (Å²) >= 11 is 0. The predicted octanol–water partition coefficient (Wildman–Crippen LogP) is 3.39. The van der Waals surface area contributed by atoms with Crippen molar-refractivity contribution in [2.24, 2.45) is 5.73 Å². The topological polar surface area (TPSA) is 29.3 Å². The van der Waals surface area contributed by atoms with E-state index in [-0.39, 0.29) is 11.9 Å². The van der Waals surface area contributed by atoms with Gasteiger partial charge in [-0.25, -0.2) is 4.39 Å². The Bertz CT molecular complexity index is 524. The van der Waals surface area contributed by atoms with Gasteiger partial charge in [-0.1, -0.05) is 37.3 Å². The second-order valence-electron chi connectivity index (χ2n) is 5.09. The van der Waals surface area contributed by atoms with Crippen LogP contribution < -0.4 is 10.6 Å². The van der Waals surface area contributed by atoms with E-state index in [1.54, 1.807) is 12.1 Å². The number of rotatable bonds is 5. The zero-order chi connectivity index (χ0) is 14.5. The molecule has 0 aliphatic rings. The number of anilines is 1. The fraction of sp³-hybridized carbons (Fsp3) is 0.294. The van der Waals surface area contributed by atoms with Gasteiger partial charge < -0.3 is 10.6 Å². The van der Waals surface area contributed by atoms with Crippen LogP contribution in [0.1, 0.15) is 18.4 Å². The van der Waals surface area contributed by atoms with Gasteiger partial charge in [0.25, 0.3) is 0 Å². The third-order valence-corrected chi connectivity index (χ3v) is 3.88. The van der Waals surface area contributed by atoms with Crippen LogP contribution in [0.15, 0.2) is 54.6 Å². The summed E-state index contributed by atoms with van der Waals surface area (Å²) in [5.41, 5.74) is 8.20. The highest BCUT2D eigenvalue weighted by Crippen LogP contribution is 2.25. The van der Waals surface area contributed by atoms with Crippen LogP contribution in [0.2, 0.25) is 0 Å². The summed E-state index contributed by atoms with van der Waals surface area (Å²) in [7, 11) is 2.00. The quantitative estimate of drug-likeness (QED) is 0.904. The Hall–Kier alpha value is -1.87. The van der Waals surface area contributed by atoms with Gasteiger partial charge in [0.2, 0.25) is 0 Å². The Morgan fingerprint density at radius 2 is 1.65 bits per heavy atom. The van der Waals surface area contributed by atoms with E-state index in [9.17, 15) is 4.39 Å². The standard InChI is InChI=1S/C17H21FN2/c1-13(14-6-4-3-5-7-14)17(12-19)20(2)16-10-8-15(18)9-11-16/h3-11,13,17H,12,19H2,1-2H3. The molecule has 0 aliphatic carbocycles. The van der Waals surface area contributed by atoms with Crippen molar-refractivity contribution < 1.29 is 4.39 Å². The molecule has 0 heterocycles. The van der Waals surface area contributed by atoms with E-state index in [2.05, 4.69) is 24.0 Å². The molecule has 2 atom stereocenters. The third kappa shape index (κ3) is 3.17. The number of likely N-dealkylation sites (N-methyl/N-ethyl adjacent to an activating group) is 1. The molecule has 106 valence electrons. The smallest absolute Gasteiger partial charge is 0.123 e. The lowest BCUT2D eigenvalue weighted by atomic mass is 9.92. The largest absolute Gasteiger partial charge is 0.370 e. The molecule has 0 radical (unpaired) electrons. The maximum atomic E-state index is 13.0. The van der Waals surface area contributed by atoms with E-state index in [0.717, 1.165) is 5.69 Å². The number of halogens is 1. The Kier molecular flexibility index (Phi) is 4.74. The normalized spacial score (nSPS) is 13.8. The molecule has 2 aromatic carbocycles. The summed E-state index contributed by atoms with van der Waals surface area (Å²) < 4.78 is 13.0. The molecule has 0 saturated carbocycles. The van der Waals surface area contributed by atoms with Crippen LogP contribution in [0.3, 0.4) is 0 Å². The molecular formula is C17H21FN2. The molecule has 0 bridgehead atoms. The molecule has 2 nitrogen and oxygen atoms in total. The highest BCUT2D eigenvalue weighted by atomic mass is 19.1. The van der Waals surface area contributed by atoms with E-state index < -0.39 is 0 Å². The van der Waals surface area contributed by atoms with Crippen molar-refractivity contribution in [3.63, 3.8) is 0 Å². The van der Waals surface area contributed by atoms with Gasteiger partial charge in [-0.3, -0.25) is 0 Å². The maximum absolute atomic E-state index is 13.0. The highest BCUT2D eigenvalue weighted by molar-refractivity contribution is 5.47. The van der Waals surface area contributed by atoms with Gasteiger partial charge in [0.1, 0.15) is 5.82 Å². The van der Waals surface area contributed by atoms with Crippen LogP contribution in [0, 0.1) is 5.82 Å². The SMILES string of the molecule is CC(c1ccccc1)C(CN)N(C)c1ccc(F)cc1. The maximum Gasteiger partial charge on any atom is 0.123 e. The Balaban J connectivity index is 2.21. The lowest BCUT2D eigenvalue weighted by molar-refractivity contribution is 0.546. The molecule has 0 saturated heterocycles. The van der Waals surface area contributed by atoms with Crippen LogP contribution in [-0.4, -0.2) is 19.6 Å². The zero-order valence-corrected chi connectivity index (χ0v) is 12.0. The molecule has 2 unspecified atom stereocenters. The van der Waals surface area contributed by atoms with Crippen molar-refractivity contribution in [2.45, 2.75) is 18.9 Å². The number of nitrogens with zero attached hydrogens (tertiary/aromatic N) is 1. The number of benzene rings is 2. The molecule has 2 aromatic rings. The summed E-state index contributed by atoms with van der Waals surface area (Å²) in [6.45, 7) is 2.72. The molecule has 3 heteroatoms. The van der Waals surface area contributed by atoms with Gasteiger partial charge in [-0.15, -0.1) is 0 Å². The summed E-state index contributed by atoms with van der Waals surface area (Å²) in [5.74, 6) is 0.0822. The van der Waals surface area contributed by atoms with Crippen molar-refractivity contribution in [1.29, 1.82) is 0 Å². The van der Waals surface area contributed by atoms with E-state index in [1.165, 1.54) is 17.7 Å². The van der Waals surface area contributed by atoms with Crippen LogP contribution in [-0.2, 0) is 0 Å². The minimum Gasteiger partial charge on any atom is -0.370 e. The van der Waals surface area contributed by atoms with Gasteiger partial charge in [0.05, 0.1) is 0 Å². The number of nitrogens with two attached hydrogens (primary N) is 1. The van der Waals surface area contributed by atoms with Crippen LogP contribution in [0.25, 0.3) is 0 Å². The number of hydrogen-bond acceptors (Lipinski definition) is 2. The van der Waals surface area contributed by atoms with Crippen LogP contribution in [0.4, 0.5) is 10.1 Å². The van der Waals surface area contributed by atoms with Crippen molar-refractivity contribution in [2.75, 3.05) is 18.5 Å². The Morgan fingerprint density at radius 3 is 2.20 bits per heavy atom. The van der Waals surface area contributed by atoms with Crippen molar-refractivity contribution in [3.8, 4) is 0 Å². The second-order valence-corrected chi connectivity index (χ2v) is 5.09. The first-order valence-corrected chi connectivity index (χ1v) is 6.87. The monoisotopic (exact) mass is 272 g/mol. The molecular weight excluding hydrogens is 251 g/mol. The molecule has 0 spiro atoms. The van der Waals surface area contributed by atoms with E-state index in [4.69, 9.17) is 5.73 Å². The summed E-state index contributed by atoms with van der Waals surface area (Å²) in [4.78, 5) is 2.12. The minimum absolute atomic E-state index is 0.169. The minimum atomic E-state index is -0.220. The van der Waals surface area contributed by atoms with E-state index in [1.807, 2.05) is 25.2 Å². The lowest BCUT2D eigenvalue weighted by Crippen LogP contribution is -2.41. The van der Waals surface area contributed by atoms with Gasteiger partial charge in [-0.2, -0.15) is 0 Å². The molecule has 0 amide bonds. The predicted molar refractivity (Wildman–Crippen MR) is 82.5 cm³/mol. The van der Waals surface area contributed by atoms with Gasteiger partial charge in [-0.05, 0) is 29.8 Å². The van der Waals surface area contributed by atoms with Gasteiger partial charge in [0, 0.05) is 31.2 Å². The average Bonchev–Trinajstić information content (AvgIpc) is 2.49. The van der Waals surface area contributed by atoms with Crippen molar-refractivity contribution >= 4 is 5.69 Å². The third-order valence-electron chi connectivity index (χ3n) is 3.88. The van der Waals surface area contributed by atoms with Crippen molar-refractivity contribution in [1.82, 2.24) is 0 Å². The Morgan fingerprint density at radius 1 is 1.05 bits per heavy atom. The number of hydrogen-bond donors (Lipinski definition) is 1. The summed E-state index contributed by atoms with van der Waals surface area (Å²) in [5, 5.41) is 0. The molecule has 20 heavy (non-hydrogen) atoms. The van der Waals surface area contributed by atoms with E-state index >= 15 is 0 Å². The Labute approximate surface area is 120 Å². The molecule has 0 fully saturated rings. The molecule has 0 aliphatic heterocycles. The summed E-state index contributed by atoms with van der Waals surface area (Å²) in [6.07, 6.45) is 0. The fourth-order valence-electron chi connectivity index (χ4n) is 2.54. The molecule has 2 N–H and O–H groups in total. The highest BCUT2D eigenvalue weighted by Gasteiger charge is 2.22. The second kappa shape index (κ2) is 6.53. The van der Waals surface area contributed by atoms with Crippen LogP contribution in [0.5, 0.6) is 0 Å². The first-order valence-electron chi connectivity index (χ1n) is 6.87. The average molecular weight is 272 g/mol. The van der Waals surface area contributed by atoms with Gasteiger partial charge >= 0.3 is 0 Å².